The van der Waals surface area contributed by atoms with Crippen LogP contribution in [0.5, 0.6) is 5.75 Å². The highest BCUT2D eigenvalue weighted by atomic mass is 32.1. The Balaban J connectivity index is 1.45. The lowest BCUT2D eigenvalue weighted by molar-refractivity contribution is 0.0570. The van der Waals surface area contributed by atoms with Crippen LogP contribution in [0.2, 0.25) is 0 Å². The van der Waals surface area contributed by atoms with Crippen molar-refractivity contribution in [1.29, 1.82) is 0 Å². The number of rotatable bonds is 11. The lowest BCUT2D eigenvalue weighted by Crippen LogP contribution is -2.52. The maximum Gasteiger partial charge on any atom is 0.261 e. The Bertz CT molecular complexity index is 902. The minimum absolute atomic E-state index is 0.0540. The summed E-state index contributed by atoms with van der Waals surface area (Å²) in [6.45, 7) is 13.4. The van der Waals surface area contributed by atoms with Crippen molar-refractivity contribution in [3.05, 3.63) is 50.7 Å². The monoisotopic (exact) mass is 457 g/mol. The van der Waals surface area contributed by atoms with Crippen LogP contribution in [0.4, 0.5) is 0 Å². The first-order valence-electron chi connectivity index (χ1n) is 11.7. The van der Waals surface area contributed by atoms with Crippen LogP contribution in [0.1, 0.15) is 57.0 Å². The minimum Gasteiger partial charge on any atom is -0.493 e. The zero-order chi connectivity index (χ0) is 23.3. The molecule has 6 heteroatoms. The van der Waals surface area contributed by atoms with Gasteiger partial charge in [-0.05, 0) is 96.1 Å². The molecule has 1 aromatic carbocycles. The normalized spacial score (nSPS) is 15.6. The van der Waals surface area contributed by atoms with Crippen LogP contribution in [0.3, 0.4) is 0 Å². The van der Waals surface area contributed by atoms with Gasteiger partial charge in [0.25, 0.3) is 5.91 Å². The van der Waals surface area contributed by atoms with E-state index in [9.17, 15) is 4.79 Å². The highest BCUT2D eigenvalue weighted by molar-refractivity contribution is 7.13. The number of nitrogens with zero attached hydrogens (tertiary/aromatic N) is 2. The maximum atomic E-state index is 12.3. The molecule has 1 aliphatic heterocycles. The van der Waals surface area contributed by atoms with Gasteiger partial charge in [0, 0.05) is 36.5 Å². The van der Waals surface area contributed by atoms with E-state index in [1.54, 1.807) is 11.3 Å². The van der Waals surface area contributed by atoms with Crippen molar-refractivity contribution in [2.45, 2.75) is 46.6 Å². The summed E-state index contributed by atoms with van der Waals surface area (Å²) in [4.78, 5) is 19.0. The van der Waals surface area contributed by atoms with Crippen molar-refractivity contribution in [3.8, 4) is 5.75 Å². The standard InChI is InChI=1S/C26H39N3O2S/c1-18-9-12-25(32-18)26(30)27-15-22-16-29(17-22)21(4)23-10-11-24(20(3)19(23)2)31-14-8-7-13-28(5)6/h9-12,21-22H,7-8,13-17H2,1-6H3,(H,27,30). The SMILES string of the molecule is Cc1ccc(C(=O)NCC2CN(C(C)c3ccc(OCCCCN(C)C)c(C)c3C)C2)s1. The number of unbranched alkanes of at least 4 members (excludes halogenated alkanes) is 1. The molecule has 176 valence electrons. The number of carbonyl (C=O) groups is 1. The van der Waals surface area contributed by atoms with Crippen LogP contribution in [0.15, 0.2) is 24.3 Å². The molecule has 0 radical (unpaired) electrons. The molecule has 5 nitrogen and oxygen atoms in total. The highest BCUT2D eigenvalue weighted by Crippen LogP contribution is 2.34. The third-order valence-electron chi connectivity index (χ3n) is 6.54. The van der Waals surface area contributed by atoms with Gasteiger partial charge in [-0.25, -0.2) is 0 Å². The molecule has 32 heavy (non-hydrogen) atoms. The average molecular weight is 458 g/mol. The van der Waals surface area contributed by atoms with E-state index in [-0.39, 0.29) is 5.91 Å². The van der Waals surface area contributed by atoms with Crippen molar-refractivity contribution in [2.24, 2.45) is 5.92 Å². The molecule has 3 rings (SSSR count). The predicted octanol–water partition coefficient (Wildman–Crippen LogP) is 4.82. The van der Waals surface area contributed by atoms with E-state index in [4.69, 9.17) is 4.74 Å². The number of aryl methyl sites for hydroxylation is 1. The molecule has 1 N–H and O–H groups in total. The lowest BCUT2D eigenvalue weighted by atomic mass is 9.91. The van der Waals surface area contributed by atoms with Gasteiger partial charge in [-0.3, -0.25) is 9.69 Å². The quantitative estimate of drug-likeness (QED) is 0.492. The van der Waals surface area contributed by atoms with Crippen LogP contribution in [-0.2, 0) is 0 Å². The van der Waals surface area contributed by atoms with Gasteiger partial charge in [-0.15, -0.1) is 11.3 Å². The number of likely N-dealkylation sites (tertiary alicyclic amines) is 1. The van der Waals surface area contributed by atoms with Crippen LogP contribution < -0.4 is 10.1 Å². The number of nitrogens with one attached hydrogen (secondary N) is 1. The minimum atomic E-state index is 0.0540. The number of benzene rings is 1. The third kappa shape index (κ3) is 6.33. The van der Waals surface area contributed by atoms with Crippen LogP contribution >= 0.6 is 11.3 Å². The van der Waals surface area contributed by atoms with E-state index in [2.05, 4.69) is 62.1 Å². The highest BCUT2D eigenvalue weighted by Gasteiger charge is 2.32. The average Bonchev–Trinajstić information content (AvgIpc) is 3.15. The Morgan fingerprint density at radius 1 is 1.16 bits per heavy atom. The molecule has 0 bridgehead atoms. The molecule has 0 aliphatic carbocycles. The van der Waals surface area contributed by atoms with E-state index in [0.717, 1.165) is 56.3 Å². The van der Waals surface area contributed by atoms with Crippen molar-refractivity contribution >= 4 is 17.2 Å². The molecular weight excluding hydrogens is 418 g/mol. The number of amides is 1. The van der Waals surface area contributed by atoms with E-state index < -0.39 is 0 Å². The number of ether oxygens (including phenoxy) is 1. The predicted molar refractivity (Wildman–Crippen MR) is 134 cm³/mol. The van der Waals surface area contributed by atoms with Gasteiger partial charge in [0.2, 0.25) is 0 Å². The zero-order valence-corrected chi connectivity index (χ0v) is 21.3. The molecule has 1 atom stereocenters. The Morgan fingerprint density at radius 2 is 1.91 bits per heavy atom. The van der Waals surface area contributed by atoms with Gasteiger partial charge in [-0.2, -0.15) is 0 Å². The first kappa shape index (κ1) is 24.7. The fourth-order valence-corrected chi connectivity index (χ4v) is 5.05. The molecule has 1 amide bonds. The second-order valence-corrected chi connectivity index (χ2v) is 10.7. The molecule has 1 saturated heterocycles. The first-order valence-corrected chi connectivity index (χ1v) is 12.5. The molecule has 0 saturated carbocycles. The van der Waals surface area contributed by atoms with Crippen LogP contribution in [-0.4, -0.2) is 62.6 Å². The number of thiophene rings is 1. The second-order valence-electron chi connectivity index (χ2n) is 9.38. The van der Waals surface area contributed by atoms with Crippen LogP contribution in [0.25, 0.3) is 0 Å². The number of carbonyl (C=O) groups excluding carboxylic acids is 1. The molecule has 1 unspecified atom stereocenters. The van der Waals surface area contributed by atoms with E-state index >= 15 is 0 Å². The molecule has 2 heterocycles. The summed E-state index contributed by atoms with van der Waals surface area (Å²) in [5.41, 5.74) is 3.95. The van der Waals surface area contributed by atoms with E-state index in [0.29, 0.717) is 12.0 Å². The molecular formula is C26H39N3O2S. The summed E-state index contributed by atoms with van der Waals surface area (Å²) in [7, 11) is 4.22. The largest absolute Gasteiger partial charge is 0.493 e. The van der Waals surface area contributed by atoms with E-state index in [1.165, 1.54) is 21.6 Å². The Morgan fingerprint density at radius 3 is 2.56 bits per heavy atom. The number of hydrogen-bond acceptors (Lipinski definition) is 5. The first-order chi connectivity index (χ1) is 15.3. The fraction of sp³-hybridized carbons (Fsp3) is 0.577. The summed E-state index contributed by atoms with van der Waals surface area (Å²) in [6, 6.07) is 8.65. The van der Waals surface area contributed by atoms with Gasteiger partial charge in [0.15, 0.2) is 0 Å². The molecule has 1 aliphatic rings. The number of hydrogen-bond donors (Lipinski definition) is 1. The third-order valence-corrected chi connectivity index (χ3v) is 7.53. The molecule has 1 fully saturated rings. The summed E-state index contributed by atoms with van der Waals surface area (Å²) in [5, 5.41) is 3.10. The zero-order valence-electron chi connectivity index (χ0n) is 20.5. The smallest absolute Gasteiger partial charge is 0.261 e. The van der Waals surface area contributed by atoms with Crippen molar-refractivity contribution in [3.63, 3.8) is 0 Å². The summed E-state index contributed by atoms with van der Waals surface area (Å²) < 4.78 is 6.07. The van der Waals surface area contributed by atoms with Crippen molar-refractivity contribution < 1.29 is 9.53 Å². The Kier molecular flexibility index (Phi) is 8.74. The lowest BCUT2D eigenvalue weighted by Gasteiger charge is -2.44. The van der Waals surface area contributed by atoms with Gasteiger partial charge < -0.3 is 15.0 Å². The maximum absolute atomic E-state index is 12.3. The summed E-state index contributed by atoms with van der Waals surface area (Å²) in [6.07, 6.45) is 2.23. The fourth-order valence-electron chi connectivity index (χ4n) is 4.27. The van der Waals surface area contributed by atoms with Gasteiger partial charge >= 0.3 is 0 Å². The topological polar surface area (TPSA) is 44.8 Å². The van der Waals surface area contributed by atoms with Gasteiger partial charge in [0.1, 0.15) is 5.75 Å². The van der Waals surface area contributed by atoms with Gasteiger partial charge in [0.05, 0.1) is 11.5 Å². The Hall–Kier alpha value is -1.89. The molecule has 2 aromatic rings. The molecule has 0 spiro atoms. The van der Waals surface area contributed by atoms with E-state index in [1.807, 2.05) is 19.1 Å². The Labute approximate surface area is 197 Å². The molecule has 1 aromatic heterocycles. The van der Waals surface area contributed by atoms with Crippen LogP contribution in [0, 0.1) is 26.7 Å². The van der Waals surface area contributed by atoms with Crippen molar-refractivity contribution in [1.82, 2.24) is 15.1 Å². The van der Waals surface area contributed by atoms with Crippen molar-refractivity contribution in [2.75, 3.05) is 46.9 Å². The second kappa shape index (κ2) is 11.3. The summed E-state index contributed by atoms with van der Waals surface area (Å²) in [5.74, 6) is 1.59. The van der Waals surface area contributed by atoms with Gasteiger partial charge in [-0.1, -0.05) is 6.07 Å². The summed E-state index contributed by atoms with van der Waals surface area (Å²) >= 11 is 1.55.